The van der Waals surface area contributed by atoms with Crippen molar-refractivity contribution < 1.29 is 9.18 Å². The third kappa shape index (κ3) is 3.70. The van der Waals surface area contributed by atoms with Crippen molar-refractivity contribution in [1.29, 1.82) is 0 Å². The molecule has 4 heteroatoms. The molecule has 0 aliphatic heterocycles. The first-order chi connectivity index (χ1) is 7.50. The molecular weight excluding hydrogens is 225 g/mol. The van der Waals surface area contributed by atoms with Crippen LogP contribution in [0.3, 0.4) is 0 Å². The lowest BCUT2D eigenvalue weighted by Crippen LogP contribution is -1.93. The van der Waals surface area contributed by atoms with Gasteiger partial charge in [0.25, 0.3) is 0 Å². The van der Waals surface area contributed by atoms with Gasteiger partial charge in [0.1, 0.15) is 5.82 Å². The lowest BCUT2D eigenvalue weighted by molar-refractivity contribution is -0.109. The number of hydrogen-bond acceptors (Lipinski definition) is 3. The summed E-state index contributed by atoms with van der Waals surface area (Å²) in [4.78, 5) is 10.7. The van der Waals surface area contributed by atoms with Crippen LogP contribution in [0.4, 0.5) is 10.1 Å². The molecule has 0 bridgehead atoms. The third-order valence-corrected chi connectivity index (χ3v) is 2.83. The Labute approximate surface area is 98.7 Å². The Bertz CT molecular complexity index is 429. The van der Waals surface area contributed by atoms with Crippen LogP contribution in [-0.2, 0) is 4.79 Å². The number of hydrogen-bond donors (Lipinski definition) is 1. The van der Waals surface area contributed by atoms with E-state index in [4.69, 9.17) is 5.73 Å². The largest absolute Gasteiger partial charge is 0.398 e. The minimum absolute atomic E-state index is 0.0543. The van der Waals surface area contributed by atoms with E-state index in [1.54, 1.807) is 18.2 Å². The zero-order valence-corrected chi connectivity index (χ0v) is 10.1. The van der Waals surface area contributed by atoms with Crippen LogP contribution < -0.4 is 5.73 Å². The Kier molecular flexibility index (Phi) is 4.55. The molecule has 0 heterocycles. The number of carbonyl (C=O) groups excluding carboxylic acids is 1. The van der Waals surface area contributed by atoms with Crippen molar-refractivity contribution in [1.82, 2.24) is 0 Å². The monoisotopic (exact) mass is 239 g/mol. The molecule has 1 aromatic rings. The molecular formula is C12H14FNOS. The van der Waals surface area contributed by atoms with Gasteiger partial charge in [-0.1, -0.05) is 23.9 Å². The van der Waals surface area contributed by atoms with Crippen molar-refractivity contribution in [2.24, 2.45) is 0 Å². The summed E-state index contributed by atoms with van der Waals surface area (Å²) in [6.07, 6.45) is 3.43. The molecule has 0 saturated heterocycles. The Morgan fingerprint density at radius 1 is 1.56 bits per heavy atom. The van der Waals surface area contributed by atoms with Gasteiger partial charge in [0.15, 0.2) is 5.12 Å². The van der Waals surface area contributed by atoms with E-state index in [9.17, 15) is 9.18 Å². The maximum absolute atomic E-state index is 13.4. The molecule has 0 amide bonds. The first-order valence-corrected chi connectivity index (χ1v) is 5.85. The summed E-state index contributed by atoms with van der Waals surface area (Å²) in [6.45, 7) is 3.34. The molecule has 1 rings (SSSR count). The molecule has 0 aliphatic carbocycles. The molecule has 0 unspecified atom stereocenters. The summed E-state index contributed by atoms with van der Waals surface area (Å²) in [6, 6.07) is 3.01. The molecule has 16 heavy (non-hydrogen) atoms. The highest BCUT2D eigenvalue weighted by Crippen LogP contribution is 2.18. The van der Waals surface area contributed by atoms with Crippen LogP contribution in [-0.4, -0.2) is 10.9 Å². The molecule has 0 fully saturated rings. The molecule has 0 radical (unpaired) electrons. The van der Waals surface area contributed by atoms with E-state index < -0.39 is 0 Å². The highest BCUT2D eigenvalue weighted by molar-refractivity contribution is 8.13. The first-order valence-electron chi connectivity index (χ1n) is 4.86. The number of nitrogens with two attached hydrogens (primary N) is 1. The topological polar surface area (TPSA) is 43.1 Å². The van der Waals surface area contributed by atoms with Crippen molar-refractivity contribution in [3.8, 4) is 0 Å². The highest BCUT2D eigenvalue weighted by Gasteiger charge is 2.02. The van der Waals surface area contributed by atoms with Gasteiger partial charge in [0.05, 0.1) is 0 Å². The summed E-state index contributed by atoms with van der Waals surface area (Å²) in [5, 5.41) is 0.0543. The maximum Gasteiger partial charge on any atom is 0.186 e. The van der Waals surface area contributed by atoms with E-state index in [0.29, 0.717) is 17.0 Å². The van der Waals surface area contributed by atoms with Gasteiger partial charge in [0, 0.05) is 23.9 Å². The fourth-order valence-corrected chi connectivity index (χ4v) is 1.61. The zero-order valence-electron chi connectivity index (χ0n) is 9.29. The minimum Gasteiger partial charge on any atom is -0.398 e. The van der Waals surface area contributed by atoms with Crippen molar-refractivity contribution in [3.63, 3.8) is 0 Å². The molecule has 0 saturated carbocycles. The van der Waals surface area contributed by atoms with Gasteiger partial charge in [-0.3, -0.25) is 4.79 Å². The van der Waals surface area contributed by atoms with Crippen LogP contribution in [0.15, 0.2) is 18.2 Å². The van der Waals surface area contributed by atoms with Gasteiger partial charge in [-0.2, -0.15) is 0 Å². The number of aryl methyl sites for hydroxylation is 1. The predicted octanol–water partition coefficient (Wildman–Crippen LogP) is 3.01. The second-order valence-electron chi connectivity index (χ2n) is 3.44. The Balaban J connectivity index is 2.73. The van der Waals surface area contributed by atoms with Gasteiger partial charge in [-0.25, -0.2) is 4.39 Å². The van der Waals surface area contributed by atoms with Crippen LogP contribution in [0.5, 0.6) is 0 Å². The molecule has 0 atom stereocenters. The van der Waals surface area contributed by atoms with Crippen LogP contribution in [0, 0.1) is 12.7 Å². The van der Waals surface area contributed by atoms with E-state index in [1.165, 1.54) is 24.8 Å². The lowest BCUT2D eigenvalue weighted by atomic mass is 10.1. The van der Waals surface area contributed by atoms with Crippen molar-refractivity contribution in [3.05, 3.63) is 35.2 Å². The molecule has 2 N–H and O–H groups in total. The fourth-order valence-electron chi connectivity index (χ4n) is 1.19. The second kappa shape index (κ2) is 5.70. The summed E-state index contributed by atoms with van der Waals surface area (Å²) in [7, 11) is 0. The normalized spacial score (nSPS) is 10.9. The van der Waals surface area contributed by atoms with Gasteiger partial charge >= 0.3 is 0 Å². The summed E-state index contributed by atoms with van der Waals surface area (Å²) in [5.41, 5.74) is 7.37. The number of anilines is 1. The van der Waals surface area contributed by atoms with Gasteiger partial charge < -0.3 is 5.73 Å². The molecule has 1 aromatic carbocycles. The standard InChI is InChI=1S/C12H14FNOS/c1-8-6-10(11(13)7-12(8)14)4-3-5-16-9(2)15/h3-4,6-7H,5,14H2,1-2H3. The van der Waals surface area contributed by atoms with E-state index in [1.807, 2.05) is 6.92 Å². The number of thioether (sulfide) groups is 1. The SMILES string of the molecule is CC(=O)SCC=Cc1cc(C)c(N)cc1F. The van der Waals surface area contributed by atoms with Gasteiger partial charge in [0.2, 0.25) is 0 Å². The van der Waals surface area contributed by atoms with Gasteiger partial charge in [-0.05, 0) is 24.6 Å². The summed E-state index contributed by atoms with van der Waals surface area (Å²) < 4.78 is 13.4. The Morgan fingerprint density at radius 2 is 2.25 bits per heavy atom. The highest BCUT2D eigenvalue weighted by atomic mass is 32.2. The van der Waals surface area contributed by atoms with Crippen molar-refractivity contribution >= 4 is 28.6 Å². The maximum atomic E-state index is 13.4. The van der Waals surface area contributed by atoms with E-state index >= 15 is 0 Å². The summed E-state index contributed by atoms with van der Waals surface area (Å²) in [5.74, 6) is 0.213. The average molecular weight is 239 g/mol. The van der Waals surface area contributed by atoms with Crippen molar-refractivity contribution in [2.45, 2.75) is 13.8 Å². The second-order valence-corrected chi connectivity index (χ2v) is 4.63. The zero-order chi connectivity index (χ0) is 12.1. The number of halogens is 1. The van der Waals surface area contributed by atoms with Crippen LogP contribution in [0.2, 0.25) is 0 Å². The molecule has 0 aliphatic rings. The number of rotatable bonds is 3. The van der Waals surface area contributed by atoms with E-state index in [-0.39, 0.29) is 10.9 Å². The molecule has 2 nitrogen and oxygen atoms in total. The Hall–Kier alpha value is -1.29. The third-order valence-electron chi connectivity index (χ3n) is 2.07. The molecule has 0 aromatic heterocycles. The fraction of sp³-hybridized carbons (Fsp3) is 0.250. The van der Waals surface area contributed by atoms with E-state index in [2.05, 4.69) is 0 Å². The quantitative estimate of drug-likeness (QED) is 0.824. The number of nitrogen functional groups attached to an aromatic ring is 1. The van der Waals surface area contributed by atoms with Crippen molar-refractivity contribution in [2.75, 3.05) is 11.5 Å². The average Bonchev–Trinajstić information content (AvgIpc) is 2.19. The Morgan fingerprint density at radius 3 is 2.88 bits per heavy atom. The predicted molar refractivity (Wildman–Crippen MR) is 67.7 cm³/mol. The smallest absolute Gasteiger partial charge is 0.186 e. The minimum atomic E-state index is -0.341. The van der Waals surface area contributed by atoms with Crippen LogP contribution >= 0.6 is 11.8 Å². The van der Waals surface area contributed by atoms with Crippen LogP contribution in [0.25, 0.3) is 6.08 Å². The number of benzene rings is 1. The molecule has 86 valence electrons. The molecule has 0 spiro atoms. The number of carbonyl (C=O) groups is 1. The lowest BCUT2D eigenvalue weighted by Gasteiger charge is -2.03. The van der Waals surface area contributed by atoms with Crippen LogP contribution in [0.1, 0.15) is 18.1 Å². The van der Waals surface area contributed by atoms with E-state index in [0.717, 1.165) is 5.56 Å². The first kappa shape index (κ1) is 12.8. The summed E-state index contributed by atoms with van der Waals surface area (Å²) >= 11 is 1.19. The van der Waals surface area contributed by atoms with Gasteiger partial charge in [-0.15, -0.1) is 0 Å².